The number of para-hydroxylation sites is 2. The fraction of sp³-hybridized carbons (Fsp3) is 0.368. The van der Waals surface area contributed by atoms with Gasteiger partial charge < -0.3 is 68.9 Å². The molecule has 0 unspecified atom stereocenters. The molecule has 2 aromatic heterocycles. The molecule has 0 aliphatic heterocycles. The maximum atomic E-state index is 14.8. The van der Waals surface area contributed by atoms with E-state index < -0.39 is 102 Å². The van der Waals surface area contributed by atoms with Crippen LogP contribution < -0.4 is 48.7 Å². The molecule has 80 heavy (non-hydrogen) atoms. The average Bonchev–Trinajstić information content (AvgIpc) is 4.10. The van der Waals surface area contributed by atoms with E-state index in [1.165, 1.54) is 12.1 Å². The summed E-state index contributed by atoms with van der Waals surface area (Å²) in [7, 11) is 0. The number of carboxylic acid groups (broad SMARTS) is 1. The number of hydrogen-bond donors (Lipinski definition) is 15. The molecule has 8 atom stereocenters. The largest absolute Gasteiger partial charge is 0.508 e. The van der Waals surface area contributed by atoms with Crippen LogP contribution in [-0.4, -0.2) is 134 Å². The molecule has 0 fully saturated rings. The number of aromatic hydroxyl groups is 1. The van der Waals surface area contributed by atoms with Crippen molar-refractivity contribution in [2.45, 2.75) is 107 Å². The first-order valence-corrected chi connectivity index (χ1v) is 27.6. The van der Waals surface area contributed by atoms with E-state index in [1.54, 1.807) is 38.4 Å². The lowest BCUT2D eigenvalue weighted by Gasteiger charge is -2.29. The number of nitrogens with two attached hydrogens (primary N) is 2. The Labute approximate surface area is 474 Å². The Morgan fingerprint density at radius 3 is 1.46 bits per heavy atom. The number of unbranched alkanes of at least 4 members (excludes halogenated alkanes) is 1. The van der Waals surface area contributed by atoms with Crippen LogP contribution in [0.15, 0.2) is 116 Å². The predicted octanol–water partition coefficient (Wildman–Crippen LogP) is 2.08. The molecule has 0 bridgehead atoms. The molecule has 23 heteroatoms. The Morgan fingerprint density at radius 2 is 0.938 bits per heavy atom. The van der Waals surface area contributed by atoms with Crippen molar-refractivity contribution in [3.63, 3.8) is 0 Å². The molecule has 15 N–H and O–H groups in total. The van der Waals surface area contributed by atoms with Crippen LogP contribution in [0.1, 0.15) is 55.4 Å². The molecule has 0 radical (unpaired) electrons. The van der Waals surface area contributed by atoms with Crippen LogP contribution in [0.4, 0.5) is 0 Å². The first-order valence-electron chi connectivity index (χ1n) is 26.3. The SMILES string of the molecule is CC(C)[C@H](NC(=O)[C@H](CCCCN)NC(=O)[C@@H](Cc1c[nH]c2ccccc12)NC(=O)[C@H](Cc1ccc(O)cc1)NC(=O)[C@H](CS)NC(=O)[C@H](N)Cc1ccccc1)C(=O)N[C@@H](CS)C(=O)N[C@@H](Cc1c[nH]c2ccccc12)C(=O)O. The molecule has 0 spiro atoms. The number of benzene rings is 4. The highest BCUT2D eigenvalue weighted by molar-refractivity contribution is 7.80. The normalized spacial score (nSPS) is 14.3. The highest BCUT2D eigenvalue weighted by atomic mass is 32.1. The number of phenolic OH excluding ortho intramolecular Hbond substituents is 1. The highest BCUT2D eigenvalue weighted by Gasteiger charge is 2.36. The zero-order chi connectivity index (χ0) is 57.9. The molecule has 0 saturated carbocycles. The van der Waals surface area contributed by atoms with Crippen LogP contribution in [0.5, 0.6) is 5.75 Å². The summed E-state index contributed by atoms with van der Waals surface area (Å²) in [4.78, 5) is 118. The van der Waals surface area contributed by atoms with Gasteiger partial charge in [-0.2, -0.15) is 25.3 Å². The third-order valence-corrected chi connectivity index (χ3v) is 14.3. The number of H-pyrrole nitrogens is 2. The Bertz CT molecular complexity index is 3080. The summed E-state index contributed by atoms with van der Waals surface area (Å²) in [6.07, 6.45) is 4.11. The number of aliphatic carboxylic acids is 1. The van der Waals surface area contributed by atoms with Gasteiger partial charge in [0.15, 0.2) is 0 Å². The van der Waals surface area contributed by atoms with Crippen molar-refractivity contribution in [1.82, 2.24) is 47.2 Å². The number of nitrogens with one attached hydrogen (secondary N) is 9. The molecule has 0 saturated heterocycles. The fourth-order valence-electron chi connectivity index (χ4n) is 9.06. The van der Waals surface area contributed by atoms with Crippen LogP contribution in [0.25, 0.3) is 21.8 Å². The van der Waals surface area contributed by atoms with E-state index in [1.807, 2.05) is 78.9 Å². The molecule has 21 nitrogen and oxygen atoms in total. The van der Waals surface area contributed by atoms with Gasteiger partial charge in [0.1, 0.15) is 48.0 Å². The number of phenols is 1. The predicted molar refractivity (Wildman–Crippen MR) is 311 cm³/mol. The van der Waals surface area contributed by atoms with Gasteiger partial charge in [0.2, 0.25) is 41.4 Å². The van der Waals surface area contributed by atoms with Crippen molar-refractivity contribution in [3.05, 3.63) is 138 Å². The van der Waals surface area contributed by atoms with E-state index in [2.05, 4.69) is 72.4 Å². The van der Waals surface area contributed by atoms with Gasteiger partial charge >= 0.3 is 5.97 Å². The molecule has 6 aromatic rings. The molecule has 2 heterocycles. The lowest BCUT2D eigenvalue weighted by molar-refractivity contribution is -0.142. The molecule has 6 rings (SSSR count). The van der Waals surface area contributed by atoms with Crippen LogP contribution >= 0.6 is 25.3 Å². The maximum absolute atomic E-state index is 14.8. The van der Waals surface area contributed by atoms with Crippen molar-refractivity contribution < 1.29 is 48.6 Å². The highest BCUT2D eigenvalue weighted by Crippen LogP contribution is 2.22. The summed E-state index contributed by atoms with van der Waals surface area (Å²) >= 11 is 8.62. The van der Waals surface area contributed by atoms with E-state index in [0.717, 1.165) is 27.4 Å². The average molecular weight is 1130 g/mol. The summed E-state index contributed by atoms with van der Waals surface area (Å²) < 4.78 is 0. The van der Waals surface area contributed by atoms with Gasteiger partial charge in [0.25, 0.3) is 0 Å². The number of rotatable bonds is 30. The number of carbonyl (C=O) groups excluding carboxylic acids is 7. The first-order chi connectivity index (χ1) is 38.4. The summed E-state index contributed by atoms with van der Waals surface area (Å²) in [5, 5.41) is 40.5. The Balaban J connectivity index is 1.21. The molecule has 7 amide bonds. The monoisotopic (exact) mass is 1130 g/mol. The number of aromatic amines is 2. The molecule has 0 aliphatic rings. The van der Waals surface area contributed by atoms with E-state index >= 15 is 0 Å². The third kappa shape index (κ3) is 17.3. The summed E-state index contributed by atoms with van der Waals surface area (Å²) in [6.45, 7) is 3.59. The van der Waals surface area contributed by atoms with Crippen LogP contribution in [0.2, 0.25) is 0 Å². The third-order valence-electron chi connectivity index (χ3n) is 13.5. The van der Waals surface area contributed by atoms with Gasteiger partial charge in [-0.3, -0.25) is 33.6 Å². The Morgan fingerprint density at radius 1 is 0.500 bits per heavy atom. The number of hydrogen-bond acceptors (Lipinski definition) is 13. The summed E-state index contributed by atoms with van der Waals surface area (Å²) in [5.41, 5.74) is 16.2. The molecule has 4 aromatic carbocycles. The first kappa shape index (κ1) is 61.4. The molecular formula is C57H71N11O10S2. The summed E-state index contributed by atoms with van der Waals surface area (Å²) in [5.74, 6) is -7.69. The lowest BCUT2D eigenvalue weighted by Crippen LogP contribution is -2.61. The molecule has 0 aliphatic carbocycles. The van der Waals surface area contributed by atoms with Crippen LogP contribution in [-0.2, 0) is 64.0 Å². The second-order valence-electron chi connectivity index (χ2n) is 19.9. The lowest BCUT2D eigenvalue weighted by atomic mass is 10.00. The number of fused-ring (bicyclic) bond motifs is 2. The Kier molecular flexibility index (Phi) is 23.0. The fourth-order valence-corrected chi connectivity index (χ4v) is 9.57. The molecule has 426 valence electrons. The zero-order valence-corrected chi connectivity index (χ0v) is 46.2. The van der Waals surface area contributed by atoms with Gasteiger partial charge in [-0.25, -0.2) is 4.79 Å². The standard InChI is InChI=1S/C57H71N11O10S2/c1-32(2)49(56(76)67-48(31-80)55(75)65-46(57(77)78)27-36-29-61-42-17-9-7-15-39(36)42)68-51(71)43(18-10-11-23-58)62-53(73)45(26-35-28-60-41-16-8-6-14-38(35)41)64-52(72)44(25-34-19-21-37(69)22-20-34)63-54(74)47(30-79)66-50(70)40(59)24-33-12-4-3-5-13-33/h3-9,12-17,19-22,28-29,32,40,43-49,60-61,69,79-80H,10-11,18,23-27,30-31,58-59H2,1-2H3,(H,62,73)(H,63,74)(H,64,72)(H,65,75)(H,66,70)(H,67,76)(H,68,71)(H,77,78)/t40-,43+,44+,45-,46+,47+,48+,49+/m1/s1. The van der Waals surface area contributed by atoms with Crippen LogP contribution in [0.3, 0.4) is 0 Å². The number of aromatic nitrogens is 2. The van der Waals surface area contributed by atoms with Crippen molar-refractivity contribution in [2.75, 3.05) is 18.1 Å². The van der Waals surface area contributed by atoms with E-state index in [4.69, 9.17) is 11.5 Å². The van der Waals surface area contributed by atoms with Crippen LogP contribution in [0, 0.1) is 5.92 Å². The van der Waals surface area contributed by atoms with E-state index in [-0.39, 0.29) is 55.9 Å². The zero-order valence-electron chi connectivity index (χ0n) is 44.4. The quantitative estimate of drug-likeness (QED) is 0.0228. The Hall–Kier alpha value is -7.86. The maximum Gasteiger partial charge on any atom is 0.326 e. The van der Waals surface area contributed by atoms with Crippen molar-refractivity contribution >= 4 is 94.4 Å². The van der Waals surface area contributed by atoms with E-state index in [0.29, 0.717) is 29.5 Å². The second kappa shape index (κ2) is 29.9. The minimum Gasteiger partial charge on any atom is -0.508 e. The molecular weight excluding hydrogens is 1060 g/mol. The number of amides is 7. The van der Waals surface area contributed by atoms with Crippen molar-refractivity contribution in [3.8, 4) is 5.75 Å². The van der Waals surface area contributed by atoms with Gasteiger partial charge in [0.05, 0.1) is 6.04 Å². The minimum absolute atomic E-state index is 0.0434. The smallest absolute Gasteiger partial charge is 0.326 e. The second-order valence-corrected chi connectivity index (χ2v) is 20.6. The van der Waals surface area contributed by atoms with Gasteiger partial charge in [-0.05, 0) is 84.7 Å². The van der Waals surface area contributed by atoms with E-state index in [9.17, 15) is 48.6 Å². The van der Waals surface area contributed by atoms with Gasteiger partial charge in [0, 0.05) is 65.0 Å². The number of thiol groups is 2. The van der Waals surface area contributed by atoms with Gasteiger partial charge in [-0.1, -0.05) is 92.7 Å². The van der Waals surface area contributed by atoms with Gasteiger partial charge in [-0.15, -0.1) is 0 Å². The van der Waals surface area contributed by atoms with Crippen molar-refractivity contribution in [2.24, 2.45) is 17.4 Å². The minimum atomic E-state index is -1.40. The summed E-state index contributed by atoms with van der Waals surface area (Å²) in [6, 6.07) is 19.3. The topological polar surface area (TPSA) is 345 Å². The number of carboxylic acids is 1. The van der Waals surface area contributed by atoms with Crippen molar-refractivity contribution in [1.29, 1.82) is 0 Å². The number of carbonyl (C=O) groups is 8.